The average molecular weight is 274 g/mol. The van der Waals surface area contributed by atoms with Gasteiger partial charge in [-0.05, 0) is 38.2 Å². The van der Waals surface area contributed by atoms with E-state index in [9.17, 15) is 5.11 Å². The van der Waals surface area contributed by atoms with Crippen molar-refractivity contribution in [1.82, 2.24) is 9.55 Å². The monoisotopic (exact) mass is 274 g/mol. The van der Waals surface area contributed by atoms with E-state index in [2.05, 4.69) is 23.4 Å². The van der Waals surface area contributed by atoms with Crippen molar-refractivity contribution in [2.75, 3.05) is 0 Å². The maximum atomic E-state index is 10.3. The number of aliphatic hydroxyl groups is 1. The van der Waals surface area contributed by atoms with E-state index < -0.39 is 0 Å². The molecule has 2 aromatic rings. The number of hydrogen-bond acceptors (Lipinski definition) is 3. The fourth-order valence-corrected chi connectivity index (χ4v) is 3.09. The largest absolute Gasteiger partial charge is 0.444 e. The van der Waals surface area contributed by atoms with E-state index in [-0.39, 0.29) is 11.5 Å². The van der Waals surface area contributed by atoms with Gasteiger partial charge in [0.05, 0.1) is 18.3 Å². The van der Waals surface area contributed by atoms with Crippen LogP contribution in [-0.4, -0.2) is 14.7 Å². The van der Waals surface area contributed by atoms with E-state index in [1.807, 2.05) is 26.1 Å². The van der Waals surface area contributed by atoms with E-state index in [0.717, 1.165) is 35.7 Å². The minimum Gasteiger partial charge on any atom is -0.444 e. The van der Waals surface area contributed by atoms with Gasteiger partial charge in [0.15, 0.2) is 0 Å². The Balaban J connectivity index is 1.93. The quantitative estimate of drug-likeness (QED) is 0.915. The lowest BCUT2D eigenvalue weighted by Crippen LogP contribution is -2.26. The Morgan fingerprint density at radius 1 is 1.45 bits per heavy atom. The molecular formula is C16H22N2O2. The van der Waals surface area contributed by atoms with Gasteiger partial charge in [-0.3, -0.25) is 0 Å². The molecule has 3 rings (SSSR count). The van der Waals surface area contributed by atoms with Crippen LogP contribution in [0.4, 0.5) is 0 Å². The molecule has 2 heterocycles. The number of aryl methyl sites for hydroxylation is 2. The molecule has 0 bridgehead atoms. The Morgan fingerprint density at radius 2 is 2.20 bits per heavy atom. The first-order chi connectivity index (χ1) is 9.35. The summed E-state index contributed by atoms with van der Waals surface area (Å²) in [5.74, 6) is 1.61. The number of rotatable bonds is 2. The highest BCUT2D eigenvalue weighted by Gasteiger charge is 2.33. The van der Waals surface area contributed by atoms with Crippen LogP contribution in [0.1, 0.15) is 55.0 Å². The van der Waals surface area contributed by atoms with Gasteiger partial charge in [-0.15, -0.1) is 0 Å². The van der Waals surface area contributed by atoms with Gasteiger partial charge in [0, 0.05) is 17.5 Å². The third kappa shape index (κ3) is 2.29. The van der Waals surface area contributed by atoms with Gasteiger partial charge in [0.25, 0.3) is 0 Å². The zero-order valence-corrected chi connectivity index (χ0v) is 12.6. The molecule has 0 aliphatic heterocycles. The molecule has 2 aromatic heterocycles. The van der Waals surface area contributed by atoms with E-state index in [0.29, 0.717) is 6.54 Å². The summed E-state index contributed by atoms with van der Waals surface area (Å²) < 4.78 is 7.82. The second-order valence-electron chi connectivity index (χ2n) is 6.66. The van der Waals surface area contributed by atoms with Crippen LogP contribution in [-0.2, 0) is 13.0 Å². The summed E-state index contributed by atoms with van der Waals surface area (Å²) in [6.45, 7) is 8.93. The van der Waals surface area contributed by atoms with Crippen LogP contribution in [0.3, 0.4) is 0 Å². The lowest BCUT2D eigenvalue weighted by Gasteiger charge is -2.33. The van der Waals surface area contributed by atoms with Gasteiger partial charge in [0.2, 0.25) is 5.89 Å². The number of aromatic nitrogens is 2. The minimum absolute atomic E-state index is 0.130. The lowest BCUT2D eigenvalue weighted by molar-refractivity contribution is 0.0980. The van der Waals surface area contributed by atoms with Gasteiger partial charge in [-0.2, -0.15) is 0 Å². The van der Waals surface area contributed by atoms with Crippen LogP contribution in [0.15, 0.2) is 16.7 Å². The van der Waals surface area contributed by atoms with Crippen LogP contribution >= 0.6 is 0 Å². The number of hydrogen-bond donors (Lipinski definition) is 1. The van der Waals surface area contributed by atoms with Crippen LogP contribution < -0.4 is 0 Å². The summed E-state index contributed by atoms with van der Waals surface area (Å²) in [5, 5.41) is 10.3. The standard InChI is InChI=1S/C16H22N2O2/c1-10-11(2)20-15(17-10)9-18-6-5-12-13(18)7-16(3,4)8-14(12)19/h5-6,14,19H,7-9H2,1-4H3. The molecule has 1 unspecified atom stereocenters. The molecular weight excluding hydrogens is 252 g/mol. The van der Waals surface area contributed by atoms with Gasteiger partial charge >= 0.3 is 0 Å². The third-order valence-electron chi connectivity index (χ3n) is 4.24. The molecule has 0 spiro atoms. The first-order valence-corrected chi connectivity index (χ1v) is 7.14. The van der Waals surface area contributed by atoms with E-state index in [1.165, 1.54) is 5.69 Å². The van der Waals surface area contributed by atoms with E-state index >= 15 is 0 Å². The molecule has 4 nitrogen and oxygen atoms in total. The summed E-state index contributed by atoms with van der Waals surface area (Å²) in [6, 6.07) is 2.03. The fraction of sp³-hybridized carbons (Fsp3) is 0.562. The van der Waals surface area contributed by atoms with Crippen molar-refractivity contribution >= 4 is 0 Å². The normalized spacial score (nSPS) is 20.9. The molecule has 0 aromatic carbocycles. The molecule has 4 heteroatoms. The highest BCUT2D eigenvalue weighted by atomic mass is 16.4. The van der Waals surface area contributed by atoms with Crippen molar-refractivity contribution in [3.8, 4) is 0 Å². The van der Waals surface area contributed by atoms with Gasteiger partial charge in [0.1, 0.15) is 5.76 Å². The van der Waals surface area contributed by atoms with Crippen molar-refractivity contribution in [3.63, 3.8) is 0 Å². The number of oxazole rings is 1. The number of aliphatic hydroxyl groups excluding tert-OH is 1. The zero-order valence-electron chi connectivity index (χ0n) is 12.6. The lowest BCUT2D eigenvalue weighted by atomic mass is 9.75. The summed E-state index contributed by atoms with van der Waals surface area (Å²) in [5.41, 5.74) is 3.35. The van der Waals surface area contributed by atoms with Crippen molar-refractivity contribution in [2.45, 2.75) is 53.2 Å². The molecule has 0 radical (unpaired) electrons. The van der Waals surface area contributed by atoms with Crippen LogP contribution in [0, 0.1) is 19.3 Å². The summed E-state index contributed by atoms with van der Waals surface area (Å²) in [7, 11) is 0. The Kier molecular flexibility index (Phi) is 3.01. The maximum Gasteiger partial charge on any atom is 0.214 e. The highest BCUT2D eigenvalue weighted by Crippen LogP contribution is 2.41. The fourth-order valence-electron chi connectivity index (χ4n) is 3.09. The summed E-state index contributed by atoms with van der Waals surface area (Å²) >= 11 is 0. The average Bonchev–Trinajstić information content (AvgIpc) is 2.84. The SMILES string of the molecule is Cc1nc(Cn2ccc3c2CC(C)(C)CC3O)oc1C. The molecule has 1 aliphatic rings. The number of fused-ring (bicyclic) bond motifs is 1. The summed E-state index contributed by atoms with van der Waals surface area (Å²) in [6.07, 6.45) is 3.47. The molecule has 20 heavy (non-hydrogen) atoms. The van der Waals surface area contributed by atoms with Gasteiger partial charge in [-0.25, -0.2) is 4.98 Å². The van der Waals surface area contributed by atoms with Gasteiger partial charge in [-0.1, -0.05) is 13.8 Å². The van der Waals surface area contributed by atoms with Crippen LogP contribution in [0.2, 0.25) is 0 Å². The topological polar surface area (TPSA) is 51.2 Å². The molecule has 0 amide bonds. The Bertz CT molecular complexity index is 617. The predicted molar refractivity (Wildman–Crippen MR) is 76.6 cm³/mol. The molecule has 0 saturated heterocycles. The minimum atomic E-state index is -0.358. The van der Waals surface area contributed by atoms with Crippen LogP contribution in [0.25, 0.3) is 0 Å². The van der Waals surface area contributed by atoms with E-state index in [1.54, 1.807) is 0 Å². The zero-order chi connectivity index (χ0) is 14.5. The first-order valence-electron chi connectivity index (χ1n) is 7.14. The van der Waals surface area contributed by atoms with Crippen molar-refractivity contribution in [1.29, 1.82) is 0 Å². The Morgan fingerprint density at radius 3 is 2.85 bits per heavy atom. The third-order valence-corrected chi connectivity index (χ3v) is 4.24. The molecule has 1 N–H and O–H groups in total. The summed E-state index contributed by atoms with van der Waals surface area (Å²) in [4.78, 5) is 4.44. The second-order valence-corrected chi connectivity index (χ2v) is 6.66. The Labute approximate surface area is 119 Å². The second kappa shape index (κ2) is 4.48. The molecule has 0 fully saturated rings. The number of nitrogens with zero attached hydrogens (tertiary/aromatic N) is 2. The molecule has 108 valence electrons. The maximum absolute atomic E-state index is 10.3. The van der Waals surface area contributed by atoms with Crippen molar-refractivity contribution in [3.05, 3.63) is 40.9 Å². The van der Waals surface area contributed by atoms with Crippen LogP contribution in [0.5, 0.6) is 0 Å². The van der Waals surface area contributed by atoms with Crippen molar-refractivity contribution in [2.24, 2.45) is 5.41 Å². The van der Waals surface area contributed by atoms with E-state index in [4.69, 9.17) is 4.42 Å². The predicted octanol–water partition coefficient (Wildman–Crippen LogP) is 3.15. The Hall–Kier alpha value is -1.55. The van der Waals surface area contributed by atoms with Crippen molar-refractivity contribution < 1.29 is 9.52 Å². The van der Waals surface area contributed by atoms with Gasteiger partial charge < -0.3 is 14.1 Å². The molecule has 1 atom stereocenters. The highest BCUT2D eigenvalue weighted by molar-refractivity contribution is 5.29. The molecule has 1 aliphatic carbocycles. The smallest absolute Gasteiger partial charge is 0.214 e. The first kappa shape index (κ1) is 13.4. The molecule has 0 saturated carbocycles.